The van der Waals surface area contributed by atoms with Crippen molar-refractivity contribution >= 4 is 23.1 Å². The van der Waals surface area contributed by atoms with Crippen molar-refractivity contribution in [2.75, 3.05) is 13.1 Å². The molecule has 4 heteroatoms. The summed E-state index contributed by atoms with van der Waals surface area (Å²) in [4.78, 5) is 14.8. The van der Waals surface area contributed by atoms with E-state index in [9.17, 15) is 4.79 Å². The molecule has 0 aromatic rings. The maximum Gasteiger partial charge on any atom is 0.222 e. The first-order valence-electron chi connectivity index (χ1n) is 6.88. The molecule has 1 aliphatic carbocycles. The second kappa shape index (κ2) is 4.80. The van der Waals surface area contributed by atoms with Crippen molar-refractivity contribution in [3.8, 4) is 0 Å². The number of likely N-dealkylation sites (tertiary alicyclic amines) is 1. The molecule has 2 aliphatic rings. The van der Waals surface area contributed by atoms with Crippen molar-refractivity contribution in [3.05, 3.63) is 0 Å². The van der Waals surface area contributed by atoms with Crippen LogP contribution in [0.15, 0.2) is 0 Å². The Morgan fingerprint density at radius 1 is 1.33 bits per heavy atom. The van der Waals surface area contributed by atoms with Gasteiger partial charge in [-0.05, 0) is 36.5 Å². The first-order chi connectivity index (χ1) is 8.32. The Morgan fingerprint density at radius 2 is 2.00 bits per heavy atom. The first kappa shape index (κ1) is 13.8. The zero-order valence-electron chi connectivity index (χ0n) is 11.5. The quantitative estimate of drug-likeness (QED) is 0.797. The average molecular weight is 268 g/mol. The van der Waals surface area contributed by atoms with Crippen LogP contribution in [-0.2, 0) is 4.79 Å². The predicted octanol–water partition coefficient (Wildman–Crippen LogP) is 2.48. The molecule has 1 heterocycles. The van der Waals surface area contributed by atoms with E-state index in [0.29, 0.717) is 22.7 Å². The lowest BCUT2D eigenvalue weighted by molar-refractivity contribution is -0.131. The molecule has 18 heavy (non-hydrogen) atoms. The van der Waals surface area contributed by atoms with Gasteiger partial charge in [-0.1, -0.05) is 26.1 Å². The number of rotatable bonds is 4. The molecule has 2 N–H and O–H groups in total. The van der Waals surface area contributed by atoms with E-state index in [-0.39, 0.29) is 5.41 Å². The van der Waals surface area contributed by atoms with Gasteiger partial charge in [0.2, 0.25) is 5.91 Å². The Labute approximate surface area is 115 Å². The third-order valence-corrected chi connectivity index (χ3v) is 4.60. The minimum Gasteiger partial charge on any atom is -0.393 e. The fourth-order valence-electron chi connectivity index (χ4n) is 2.80. The van der Waals surface area contributed by atoms with Crippen molar-refractivity contribution in [2.24, 2.45) is 16.6 Å². The Balaban J connectivity index is 1.96. The molecule has 0 bridgehead atoms. The van der Waals surface area contributed by atoms with E-state index in [4.69, 9.17) is 18.0 Å². The Morgan fingerprint density at radius 3 is 2.56 bits per heavy atom. The molecule has 1 amide bonds. The molecule has 0 aromatic heterocycles. The second-order valence-electron chi connectivity index (χ2n) is 6.87. The number of carbonyl (C=O) groups excluding carboxylic acids is 1. The van der Waals surface area contributed by atoms with Crippen LogP contribution < -0.4 is 5.73 Å². The third-order valence-electron chi connectivity index (χ3n) is 4.46. The van der Waals surface area contributed by atoms with Crippen molar-refractivity contribution in [3.63, 3.8) is 0 Å². The van der Waals surface area contributed by atoms with Gasteiger partial charge >= 0.3 is 0 Å². The highest BCUT2D eigenvalue weighted by Crippen LogP contribution is 2.49. The Hall–Kier alpha value is -0.640. The zero-order valence-corrected chi connectivity index (χ0v) is 12.3. The predicted molar refractivity (Wildman–Crippen MR) is 77.3 cm³/mol. The summed E-state index contributed by atoms with van der Waals surface area (Å²) in [5.41, 5.74) is 6.17. The molecule has 102 valence electrons. The second-order valence-corrected chi connectivity index (χ2v) is 7.40. The molecular formula is C14H24N2OS. The van der Waals surface area contributed by atoms with Gasteiger partial charge in [0.25, 0.3) is 0 Å². The summed E-state index contributed by atoms with van der Waals surface area (Å²) in [6, 6.07) is 0. The van der Waals surface area contributed by atoms with Crippen molar-refractivity contribution in [1.29, 1.82) is 0 Å². The number of thiocarbonyl (C=S) groups is 1. The van der Waals surface area contributed by atoms with Gasteiger partial charge in [0.15, 0.2) is 0 Å². The average Bonchev–Trinajstić information content (AvgIpc) is 3.00. The fraction of sp³-hybridized carbons (Fsp3) is 0.857. The highest BCUT2D eigenvalue weighted by molar-refractivity contribution is 7.80. The van der Waals surface area contributed by atoms with E-state index < -0.39 is 0 Å². The number of nitrogens with two attached hydrogens (primary N) is 1. The normalized spacial score (nSPS) is 25.7. The fourth-order valence-corrected chi connectivity index (χ4v) is 3.11. The van der Waals surface area contributed by atoms with Gasteiger partial charge in [-0.3, -0.25) is 4.79 Å². The zero-order chi connectivity index (χ0) is 13.4. The monoisotopic (exact) mass is 268 g/mol. The van der Waals surface area contributed by atoms with Crippen LogP contribution in [0.3, 0.4) is 0 Å². The van der Waals surface area contributed by atoms with Crippen LogP contribution in [0.25, 0.3) is 0 Å². The van der Waals surface area contributed by atoms with Crippen molar-refractivity contribution < 1.29 is 4.79 Å². The summed E-state index contributed by atoms with van der Waals surface area (Å²) in [5.74, 6) is 0.315. The SMILES string of the molecule is CC1(C)CCC(=O)N(CC2(CC(N)=S)CC2)CC1. The van der Waals surface area contributed by atoms with Crippen LogP contribution in [-0.4, -0.2) is 28.9 Å². The maximum atomic E-state index is 12.2. The van der Waals surface area contributed by atoms with Crippen LogP contribution in [0.5, 0.6) is 0 Å². The summed E-state index contributed by atoms with van der Waals surface area (Å²) >= 11 is 5.02. The van der Waals surface area contributed by atoms with Gasteiger partial charge in [-0.15, -0.1) is 0 Å². The highest BCUT2D eigenvalue weighted by Gasteiger charge is 2.45. The molecular weight excluding hydrogens is 244 g/mol. The number of hydrogen-bond donors (Lipinski definition) is 1. The summed E-state index contributed by atoms with van der Waals surface area (Å²) in [5, 5.41) is 0. The molecule has 1 saturated heterocycles. The van der Waals surface area contributed by atoms with Crippen LogP contribution in [0, 0.1) is 10.8 Å². The van der Waals surface area contributed by atoms with E-state index in [1.165, 1.54) is 0 Å². The van der Waals surface area contributed by atoms with Gasteiger partial charge in [0.1, 0.15) is 0 Å². The van der Waals surface area contributed by atoms with Crippen LogP contribution in [0.1, 0.15) is 52.4 Å². The maximum absolute atomic E-state index is 12.2. The van der Waals surface area contributed by atoms with Crippen LogP contribution in [0.2, 0.25) is 0 Å². The lowest BCUT2D eigenvalue weighted by Crippen LogP contribution is -2.37. The topological polar surface area (TPSA) is 46.3 Å². The molecule has 2 rings (SSSR count). The van der Waals surface area contributed by atoms with E-state index in [1.807, 2.05) is 0 Å². The summed E-state index contributed by atoms with van der Waals surface area (Å²) in [7, 11) is 0. The minimum absolute atomic E-state index is 0.218. The molecule has 0 aromatic carbocycles. The summed E-state index contributed by atoms with van der Waals surface area (Å²) in [6.07, 6.45) is 5.92. The molecule has 1 aliphatic heterocycles. The lowest BCUT2D eigenvalue weighted by atomic mass is 9.85. The molecule has 2 fully saturated rings. The van der Waals surface area contributed by atoms with E-state index in [1.54, 1.807) is 0 Å². The largest absolute Gasteiger partial charge is 0.393 e. The van der Waals surface area contributed by atoms with E-state index in [2.05, 4.69) is 18.7 Å². The number of nitrogens with zero attached hydrogens (tertiary/aromatic N) is 1. The molecule has 1 saturated carbocycles. The number of hydrogen-bond acceptors (Lipinski definition) is 2. The van der Waals surface area contributed by atoms with E-state index >= 15 is 0 Å². The molecule has 3 nitrogen and oxygen atoms in total. The summed E-state index contributed by atoms with van der Waals surface area (Å²) < 4.78 is 0. The van der Waals surface area contributed by atoms with Crippen LogP contribution >= 0.6 is 12.2 Å². The van der Waals surface area contributed by atoms with Crippen LogP contribution in [0.4, 0.5) is 0 Å². The molecule has 0 unspecified atom stereocenters. The Kier molecular flexibility index (Phi) is 3.67. The van der Waals surface area contributed by atoms with Gasteiger partial charge in [0.05, 0.1) is 4.99 Å². The summed E-state index contributed by atoms with van der Waals surface area (Å²) in [6.45, 7) is 6.27. The standard InChI is InChI=1S/C14H24N2OS/c1-13(2)4-3-12(17)16(8-7-13)10-14(5-6-14)9-11(15)18/h3-10H2,1-2H3,(H2,15,18). The van der Waals surface area contributed by atoms with E-state index in [0.717, 1.165) is 45.2 Å². The third kappa shape index (κ3) is 3.44. The number of amides is 1. The number of carbonyl (C=O) groups is 1. The lowest BCUT2D eigenvalue weighted by Gasteiger charge is -2.27. The van der Waals surface area contributed by atoms with Gasteiger partial charge in [-0.2, -0.15) is 0 Å². The first-order valence-corrected chi connectivity index (χ1v) is 7.29. The van der Waals surface area contributed by atoms with Crippen molar-refractivity contribution in [1.82, 2.24) is 4.90 Å². The highest BCUT2D eigenvalue weighted by atomic mass is 32.1. The van der Waals surface area contributed by atoms with Gasteiger partial charge in [-0.25, -0.2) is 0 Å². The van der Waals surface area contributed by atoms with Crippen molar-refractivity contribution in [2.45, 2.75) is 52.4 Å². The molecule has 0 spiro atoms. The van der Waals surface area contributed by atoms with Gasteiger partial charge < -0.3 is 10.6 Å². The smallest absolute Gasteiger partial charge is 0.222 e. The molecule has 0 radical (unpaired) electrons. The Bertz CT molecular complexity index is 361. The van der Waals surface area contributed by atoms with Gasteiger partial charge in [0, 0.05) is 25.9 Å². The molecule has 0 atom stereocenters. The minimum atomic E-state index is 0.218.